The van der Waals surface area contributed by atoms with Gasteiger partial charge < -0.3 is 5.32 Å². The minimum absolute atomic E-state index is 0.0679. The third-order valence-electron chi connectivity index (χ3n) is 1.88. The second-order valence-electron chi connectivity index (χ2n) is 3.29. The third kappa shape index (κ3) is 5.87. The van der Waals surface area contributed by atoms with Crippen LogP contribution in [0.3, 0.4) is 0 Å². The molecule has 0 unspecified atom stereocenters. The van der Waals surface area contributed by atoms with E-state index in [4.69, 9.17) is 0 Å². The summed E-state index contributed by atoms with van der Waals surface area (Å²) in [6.45, 7) is 3.47. The maximum absolute atomic E-state index is 11.9. The van der Waals surface area contributed by atoms with Crippen molar-refractivity contribution in [3.63, 3.8) is 0 Å². The van der Waals surface area contributed by atoms with E-state index in [9.17, 15) is 13.2 Å². The number of aromatic nitrogens is 4. The number of halogens is 3. The molecule has 5 nitrogen and oxygen atoms in total. The highest BCUT2D eigenvalue weighted by Gasteiger charge is 2.27. The Hall–Kier alpha value is -0.830. The van der Waals surface area contributed by atoms with Crippen molar-refractivity contribution in [3.05, 3.63) is 5.82 Å². The van der Waals surface area contributed by atoms with Gasteiger partial charge in [-0.25, -0.2) is 4.68 Å². The number of hydrogen-bond acceptors (Lipinski definition) is 5. The Morgan fingerprint density at radius 2 is 2.18 bits per heavy atom. The average molecular weight is 269 g/mol. The van der Waals surface area contributed by atoms with Gasteiger partial charge in [0.15, 0.2) is 5.82 Å². The summed E-state index contributed by atoms with van der Waals surface area (Å²) in [6, 6.07) is 0. The van der Waals surface area contributed by atoms with E-state index in [1.807, 2.05) is 6.92 Å². The van der Waals surface area contributed by atoms with Crippen LogP contribution in [0.25, 0.3) is 0 Å². The standard InChI is InChI=1S/C8H14F3N5S/c1-2-3-12-6-7-13-14-15-16(7)4-5-17-8(9,10)11/h12H,2-6H2,1H3. The SMILES string of the molecule is CCCNCc1nnnn1CCSC(F)(F)F. The Morgan fingerprint density at radius 3 is 2.82 bits per heavy atom. The first-order valence-corrected chi connectivity index (χ1v) is 6.18. The van der Waals surface area contributed by atoms with E-state index in [0.717, 1.165) is 13.0 Å². The molecule has 98 valence electrons. The van der Waals surface area contributed by atoms with Gasteiger partial charge in [-0.15, -0.1) is 5.10 Å². The molecule has 0 aliphatic rings. The summed E-state index contributed by atoms with van der Waals surface area (Å²) < 4.78 is 37.2. The zero-order valence-corrected chi connectivity index (χ0v) is 10.2. The van der Waals surface area contributed by atoms with E-state index >= 15 is 0 Å². The molecule has 0 bridgehead atoms. The van der Waals surface area contributed by atoms with Crippen molar-refractivity contribution in [1.82, 2.24) is 25.5 Å². The lowest BCUT2D eigenvalue weighted by molar-refractivity contribution is -0.0328. The lowest BCUT2D eigenvalue weighted by Gasteiger charge is -2.07. The molecule has 0 atom stereocenters. The highest BCUT2D eigenvalue weighted by Crippen LogP contribution is 2.29. The van der Waals surface area contributed by atoms with Gasteiger partial charge in [0.05, 0.1) is 13.1 Å². The van der Waals surface area contributed by atoms with E-state index < -0.39 is 5.51 Å². The van der Waals surface area contributed by atoms with Gasteiger partial charge in [0.25, 0.3) is 0 Å². The van der Waals surface area contributed by atoms with Crippen LogP contribution in [0.1, 0.15) is 19.2 Å². The Labute approximate surface area is 101 Å². The number of rotatable bonds is 7. The van der Waals surface area contributed by atoms with Gasteiger partial charge >= 0.3 is 5.51 Å². The van der Waals surface area contributed by atoms with E-state index in [0.29, 0.717) is 12.4 Å². The first-order chi connectivity index (χ1) is 8.03. The van der Waals surface area contributed by atoms with Gasteiger partial charge in [-0.05, 0) is 35.2 Å². The highest BCUT2D eigenvalue weighted by molar-refractivity contribution is 8.00. The minimum atomic E-state index is -4.20. The average Bonchev–Trinajstić information content (AvgIpc) is 2.64. The first-order valence-electron chi connectivity index (χ1n) is 5.19. The highest BCUT2D eigenvalue weighted by atomic mass is 32.2. The first kappa shape index (κ1) is 14.2. The second kappa shape index (κ2) is 6.80. The van der Waals surface area contributed by atoms with Gasteiger partial charge in [0.1, 0.15) is 0 Å². The van der Waals surface area contributed by atoms with Crippen molar-refractivity contribution in [3.8, 4) is 0 Å². The molecule has 0 aromatic carbocycles. The van der Waals surface area contributed by atoms with Crippen LogP contribution in [0.4, 0.5) is 13.2 Å². The molecule has 1 heterocycles. The minimum Gasteiger partial charge on any atom is -0.310 e. The molecule has 1 aromatic rings. The van der Waals surface area contributed by atoms with E-state index in [2.05, 4.69) is 20.8 Å². The number of thioether (sulfide) groups is 1. The molecular weight excluding hydrogens is 255 g/mol. The van der Waals surface area contributed by atoms with E-state index in [1.54, 1.807) is 0 Å². The summed E-state index contributed by atoms with van der Waals surface area (Å²) in [4.78, 5) is 0. The van der Waals surface area contributed by atoms with Crippen LogP contribution in [0.5, 0.6) is 0 Å². The maximum atomic E-state index is 11.9. The number of tetrazole rings is 1. The Bertz CT molecular complexity index is 327. The zero-order chi connectivity index (χ0) is 12.7. The number of nitrogens with one attached hydrogen (secondary N) is 1. The van der Waals surface area contributed by atoms with Crippen molar-refractivity contribution in [2.24, 2.45) is 0 Å². The van der Waals surface area contributed by atoms with E-state index in [1.165, 1.54) is 4.68 Å². The molecule has 1 aromatic heterocycles. The molecule has 9 heteroatoms. The Balaban J connectivity index is 2.35. The van der Waals surface area contributed by atoms with Crippen LogP contribution in [0.2, 0.25) is 0 Å². The molecule has 0 aliphatic carbocycles. The van der Waals surface area contributed by atoms with Crippen molar-refractivity contribution < 1.29 is 13.2 Å². The summed E-state index contributed by atoms with van der Waals surface area (Å²) in [5, 5.41) is 13.9. The molecule has 1 rings (SSSR count). The smallest absolute Gasteiger partial charge is 0.310 e. The fraction of sp³-hybridized carbons (Fsp3) is 0.875. The van der Waals surface area contributed by atoms with Crippen LogP contribution in [0.15, 0.2) is 0 Å². The predicted molar refractivity (Wildman–Crippen MR) is 58.3 cm³/mol. The van der Waals surface area contributed by atoms with Gasteiger partial charge in [-0.2, -0.15) is 13.2 Å². The molecule has 0 radical (unpaired) electrons. The molecule has 1 N–H and O–H groups in total. The normalized spacial score (nSPS) is 12.0. The summed E-state index contributed by atoms with van der Waals surface area (Å²) in [5.41, 5.74) is -4.20. The van der Waals surface area contributed by atoms with Gasteiger partial charge in [0, 0.05) is 5.75 Å². The quantitative estimate of drug-likeness (QED) is 0.759. The monoisotopic (exact) mass is 269 g/mol. The van der Waals surface area contributed by atoms with Crippen LogP contribution in [-0.2, 0) is 13.1 Å². The number of aryl methyl sites for hydroxylation is 1. The number of hydrogen-bond donors (Lipinski definition) is 1. The summed E-state index contributed by atoms with van der Waals surface area (Å²) in [6.07, 6.45) is 0.978. The molecule has 0 fully saturated rings. The predicted octanol–water partition coefficient (Wildman–Crippen LogP) is 1.43. The van der Waals surface area contributed by atoms with Crippen LogP contribution < -0.4 is 5.32 Å². The summed E-state index contributed by atoms with van der Waals surface area (Å²) >= 11 is -0.0679. The lowest BCUT2D eigenvalue weighted by Crippen LogP contribution is -2.19. The third-order valence-corrected chi connectivity index (χ3v) is 2.60. The van der Waals surface area contributed by atoms with Crippen molar-refractivity contribution in [2.45, 2.75) is 31.9 Å². The second-order valence-corrected chi connectivity index (χ2v) is 4.45. The van der Waals surface area contributed by atoms with Gasteiger partial charge in [-0.3, -0.25) is 0 Å². The molecule has 0 aliphatic heterocycles. The fourth-order valence-electron chi connectivity index (χ4n) is 1.15. The fourth-order valence-corrected chi connectivity index (χ4v) is 1.64. The van der Waals surface area contributed by atoms with Crippen LogP contribution in [-0.4, -0.2) is 38.0 Å². The topological polar surface area (TPSA) is 55.6 Å². The lowest BCUT2D eigenvalue weighted by atomic mass is 10.4. The molecule has 0 saturated carbocycles. The number of alkyl halides is 3. The molecule has 17 heavy (non-hydrogen) atoms. The molecule has 0 spiro atoms. The van der Waals surface area contributed by atoms with E-state index in [-0.39, 0.29) is 24.1 Å². The summed E-state index contributed by atoms with van der Waals surface area (Å²) in [7, 11) is 0. The zero-order valence-electron chi connectivity index (χ0n) is 9.37. The Morgan fingerprint density at radius 1 is 1.41 bits per heavy atom. The van der Waals surface area contributed by atoms with Crippen molar-refractivity contribution in [1.29, 1.82) is 0 Å². The van der Waals surface area contributed by atoms with Crippen LogP contribution in [0, 0.1) is 0 Å². The van der Waals surface area contributed by atoms with Crippen molar-refractivity contribution in [2.75, 3.05) is 12.3 Å². The molecule has 0 saturated heterocycles. The van der Waals surface area contributed by atoms with Gasteiger partial charge in [-0.1, -0.05) is 6.92 Å². The Kier molecular flexibility index (Phi) is 5.69. The van der Waals surface area contributed by atoms with Gasteiger partial charge in [0.2, 0.25) is 0 Å². The largest absolute Gasteiger partial charge is 0.441 e. The maximum Gasteiger partial charge on any atom is 0.441 e. The molecular formula is C8H14F3N5S. The summed E-state index contributed by atoms with van der Waals surface area (Å²) in [5.74, 6) is 0.469. The van der Waals surface area contributed by atoms with Crippen LogP contribution >= 0.6 is 11.8 Å². The number of nitrogens with zero attached hydrogens (tertiary/aromatic N) is 4. The molecule has 0 amide bonds. The van der Waals surface area contributed by atoms with Crippen molar-refractivity contribution >= 4 is 11.8 Å².